The molecule has 2 heterocycles. The number of rotatable bonds is 5. The minimum Gasteiger partial charge on any atom is -0.342 e. The molecule has 1 aliphatic heterocycles. The normalized spacial score (nSPS) is 15.2. The molecule has 0 spiro atoms. The highest BCUT2D eigenvalue weighted by Crippen LogP contribution is 2.37. The minimum atomic E-state index is -0.224. The fraction of sp³-hybridized carbons (Fsp3) is 0.111. The Morgan fingerprint density at radius 2 is 1.70 bits per heavy atom. The average molecular weight is 473 g/mol. The standard InChI is InChI=1S/C27H21FN2OS2/c1-2-18-10-8-13-22-20(17-29(25(18)22)16-19-9-6-7-14-23(19)28)15-24-26(31)30(27(32)33-24)21-11-4-3-5-12-21/h3-15,17H,2,16H2,1H3/b24-15-. The van der Waals surface area contributed by atoms with Gasteiger partial charge in [-0.15, -0.1) is 0 Å². The van der Waals surface area contributed by atoms with Crippen molar-refractivity contribution in [2.24, 2.45) is 0 Å². The molecule has 0 atom stereocenters. The summed E-state index contributed by atoms with van der Waals surface area (Å²) in [6, 6.07) is 22.5. The third-order valence-electron chi connectivity index (χ3n) is 5.79. The monoisotopic (exact) mass is 472 g/mol. The Kier molecular flexibility index (Phi) is 5.87. The Hall–Kier alpha value is -3.22. The van der Waals surface area contributed by atoms with Gasteiger partial charge in [0.05, 0.1) is 22.7 Å². The molecule has 33 heavy (non-hydrogen) atoms. The van der Waals surface area contributed by atoms with Crippen LogP contribution in [0.3, 0.4) is 0 Å². The number of hydrogen-bond acceptors (Lipinski definition) is 3. The molecule has 1 aliphatic rings. The Morgan fingerprint density at radius 3 is 2.45 bits per heavy atom. The molecule has 0 N–H and O–H groups in total. The van der Waals surface area contributed by atoms with Crippen LogP contribution < -0.4 is 4.90 Å². The Morgan fingerprint density at radius 1 is 0.970 bits per heavy atom. The first kappa shape index (κ1) is 21.6. The van der Waals surface area contributed by atoms with E-state index in [1.54, 1.807) is 17.0 Å². The Bertz CT molecular complexity index is 1410. The summed E-state index contributed by atoms with van der Waals surface area (Å²) < 4.78 is 17.0. The van der Waals surface area contributed by atoms with Crippen molar-refractivity contribution in [3.63, 3.8) is 0 Å². The zero-order valence-electron chi connectivity index (χ0n) is 18.0. The second kappa shape index (κ2) is 8.96. The zero-order chi connectivity index (χ0) is 22.9. The van der Waals surface area contributed by atoms with Crippen molar-refractivity contribution in [2.75, 3.05) is 4.90 Å². The summed E-state index contributed by atoms with van der Waals surface area (Å²) in [5.41, 5.74) is 4.56. The maximum absolute atomic E-state index is 14.4. The topological polar surface area (TPSA) is 25.2 Å². The number of thioether (sulfide) groups is 1. The molecule has 0 saturated carbocycles. The molecular weight excluding hydrogens is 451 g/mol. The third-order valence-corrected chi connectivity index (χ3v) is 7.09. The fourth-order valence-corrected chi connectivity index (χ4v) is 5.50. The van der Waals surface area contributed by atoms with Gasteiger partial charge in [-0.3, -0.25) is 9.69 Å². The number of halogens is 1. The van der Waals surface area contributed by atoms with E-state index in [1.807, 2.05) is 54.7 Å². The number of aryl methyl sites for hydroxylation is 1. The van der Waals surface area contributed by atoms with E-state index in [0.29, 0.717) is 21.3 Å². The summed E-state index contributed by atoms with van der Waals surface area (Å²) in [6.07, 6.45) is 4.77. The van der Waals surface area contributed by atoms with Crippen LogP contribution in [0, 0.1) is 5.82 Å². The second-order valence-corrected chi connectivity index (χ2v) is 9.50. The molecule has 0 bridgehead atoms. The Balaban J connectivity index is 1.59. The molecule has 0 unspecified atom stereocenters. The summed E-state index contributed by atoms with van der Waals surface area (Å²) in [5, 5.41) is 1.04. The van der Waals surface area contributed by atoms with Gasteiger partial charge < -0.3 is 4.57 Å². The lowest BCUT2D eigenvalue weighted by Gasteiger charge is -2.13. The van der Waals surface area contributed by atoms with Crippen LogP contribution in [0.5, 0.6) is 0 Å². The molecule has 4 aromatic rings. The Labute approximate surface area is 201 Å². The first-order valence-electron chi connectivity index (χ1n) is 10.7. The smallest absolute Gasteiger partial charge is 0.270 e. The number of para-hydroxylation sites is 2. The summed E-state index contributed by atoms with van der Waals surface area (Å²) in [4.78, 5) is 15.4. The first-order chi connectivity index (χ1) is 16.1. The van der Waals surface area contributed by atoms with Crippen LogP contribution in [0.1, 0.15) is 23.6 Å². The van der Waals surface area contributed by atoms with Gasteiger partial charge >= 0.3 is 0 Å². The van der Waals surface area contributed by atoms with E-state index in [9.17, 15) is 9.18 Å². The van der Waals surface area contributed by atoms with E-state index in [1.165, 1.54) is 23.4 Å². The average Bonchev–Trinajstić information content (AvgIpc) is 3.32. The van der Waals surface area contributed by atoms with Gasteiger partial charge in [0.1, 0.15) is 5.82 Å². The van der Waals surface area contributed by atoms with Crippen molar-refractivity contribution in [3.05, 3.63) is 106 Å². The van der Waals surface area contributed by atoms with Crippen molar-refractivity contribution < 1.29 is 9.18 Å². The highest BCUT2D eigenvalue weighted by atomic mass is 32.2. The van der Waals surface area contributed by atoms with Gasteiger partial charge in [0, 0.05) is 22.7 Å². The molecule has 3 nitrogen and oxygen atoms in total. The van der Waals surface area contributed by atoms with Crippen molar-refractivity contribution >= 4 is 56.9 Å². The lowest BCUT2D eigenvalue weighted by Crippen LogP contribution is -2.27. The second-order valence-electron chi connectivity index (χ2n) is 7.82. The molecule has 6 heteroatoms. The van der Waals surface area contributed by atoms with Crippen LogP contribution in [-0.2, 0) is 17.8 Å². The SMILES string of the molecule is CCc1cccc2c(/C=C3\SC(=S)N(c4ccccc4)C3=O)cn(Cc3ccccc3F)c12. The lowest BCUT2D eigenvalue weighted by atomic mass is 10.1. The van der Waals surface area contributed by atoms with E-state index < -0.39 is 0 Å². The molecule has 1 amide bonds. The van der Waals surface area contributed by atoms with E-state index in [4.69, 9.17) is 12.2 Å². The maximum atomic E-state index is 14.4. The van der Waals surface area contributed by atoms with Crippen LogP contribution in [-0.4, -0.2) is 14.8 Å². The number of aromatic nitrogens is 1. The third kappa shape index (κ3) is 4.01. The molecule has 5 rings (SSSR count). The van der Waals surface area contributed by atoms with Crippen LogP contribution in [0.25, 0.3) is 17.0 Å². The fourth-order valence-electron chi connectivity index (χ4n) is 4.21. The van der Waals surface area contributed by atoms with Crippen molar-refractivity contribution in [1.82, 2.24) is 4.57 Å². The number of thiocarbonyl (C=S) groups is 1. The van der Waals surface area contributed by atoms with E-state index >= 15 is 0 Å². The number of hydrogen-bond donors (Lipinski definition) is 0. The van der Waals surface area contributed by atoms with Crippen LogP contribution in [0.15, 0.2) is 83.9 Å². The highest BCUT2D eigenvalue weighted by Gasteiger charge is 2.33. The van der Waals surface area contributed by atoms with Gasteiger partial charge in [0.15, 0.2) is 4.32 Å². The van der Waals surface area contributed by atoms with Crippen LogP contribution >= 0.6 is 24.0 Å². The largest absolute Gasteiger partial charge is 0.342 e. The van der Waals surface area contributed by atoms with Gasteiger partial charge in [0.2, 0.25) is 0 Å². The van der Waals surface area contributed by atoms with Gasteiger partial charge in [-0.2, -0.15) is 0 Å². The highest BCUT2D eigenvalue weighted by molar-refractivity contribution is 8.27. The number of nitrogens with zero attached hydrogens (tertiary/aromatic N) is 2. The van der Waals surface area contributed by atoms with Crippen molar-refractivity contribution in [3.8, 4) is 0 Å². The molecule has 1 saturated heterocycles. The van der Waals surface area contributed by atoms with Crippen molar-refractivity contribution in [2.45, 2.75) is 19.9 Å². The number of carbonyl (C=O) groups is 1. The summed E-state index contributed by atoms with van der Waals surface area (Å²) in [7, 11) is 0. The lowest BCUT2D eigenvalue weighted by molar-refractivity contribution is -0.113. The quantitative estimate of drug-likeness (QED) is 0.236. The predicted octanol–water partition coefficient (Wildman–Crippen LogP) is 6.80. The molecule has 1 aromatic heterocycles. The number of amides is 1. The summed E-state index contributed by atoms with van der Waals surface area (Å²) >= 11 is 6.82. The zero-order valence-corrected chi connectivity index (χ0v) is 19.6. The van der Waals surface area contributed by atoms with Gasteiger partial charge in [0.25, 0.3) is 5.91 Å². The molecule has 0 aliphatic carbocycles. The number of anilines is 1. The predicted molar refractivity (Wildman–Crippen MR) is 139 cm³/mol. The van der Waals surface area contributed by atoms with E-state index in [-0.39, 0.29) is 11.7 Å². The molecule has 0 radical (unpaired) electrons. The van der Waals surface area contributed by atoms with Crippen LogP contribution in [0.2, 0.25) is 0 Å². The number of carbonyl (C=O) groups excluding carboxylic acids is 1. The van der Waals surface area contributed by atoms with Crippen molar-refractivity contribution in [1.29, 1.82) is 0 Å². The molecule has 3 aromatic carbocycles. The van der Waals surface area contributed by atoms with E-state index in [0.717, 1.165) is 28.6 Å². The van der Waals surface area contributed by atoms with Gasteiger partial charge in [-0.05, 0) is 36.3 Å². The molecule has 164 valence electrons. The molecule has 1 fully saturated rings. The number of fused-ring (bicyclic) bond motifs is 1. The van der Waals surface area contributed by atoms with E-state index in [2.05, 4.69) is 23.6 Å². The van der Waals surface area contributed by atoms with Gasteiger partial charge in [-0.1, -0.05) is 85.5 Å². The maximum Gasteiger partial charge on any atom is 0.270 e. The first-order valence-corrected chi connectivity index (χ1v) is 12.0. The van der Waals surface area contributed by atoms with Crippen LogP contribution in [0.4, 0.5) is 10.1 Å². The summed E-state index contributed by atoms with van der Waals surface area (Å²) in [6.45, 7) is 2.53. The number of benzene rings is 3. The summed E-state index contributed by atoms with van der Waals surface area (Å²) in [5.74, 6) is -0.350. The molecular formula is C27H21FN2OS2. The van der Waals surface area contributed by atoms with Gasteiger partial charge in [-0.25, -0.2) is 4.39 Å². The minimum absolute atomic E-state index is 0.127.